The molecule has 2 aliphatic heterocycles. The number of nitrogens with zero attached hydrogens (tertiary/aromatic N) is 3. The van der Waals surface area contributed by atoms with Crippen LogP contribution in [0.1, 0.15) is 13.3 Å². The molecule has 2 N–H and O–H groups in total. The maximum absolute atomic E-state index is 12.2. The molecule has 0 aromatic carbocycles. The summed E-state index contributed by atoms with van der Waals surface area (Å²) >= 11 is 0. The van der Waals surface area contributed by atoms with Crippen molar-refractivity contribution in [3.05, 3.63) is 0 Å². The molecule has 2 aliphatic rings. The van der Waals surface area contributed by atoms with E-state index >= 15 is 0 Å². The van der Waals surface area contributed by atoms with Crippen molar-refractivity contribution in [3.8, 4) is 0 Å². The van der Waals surface area contributed by atoms with Crippen LogP contribution in [0.3, 0.4) is 0 Å². The zero-order chi connectivity index (χ0) is 16.8. The summed E-state index contributed by atoms with van der Waals surface area (Å²) in [6.45, 7) is 4.86. The van der Waals surface area contributed by atoms with Gasteiger partial charge in [-0.25, -0.2) is 4.79 Å². The van der Waals surface area contributed by atoms with Crippen molar-refractivity contribution < 1.29 is 19.1 Å². The van der Waals surface area contributed by atoms with Crippen molar-refractivity contribution in [2.75, 3.05) is 47.1 Å². The Hall–Kier alpha value is -1.87. The molecule has 2 unspecified atom stereocenters. The predicted octanol–water partition coefficient (Wildman–Crippen LogP) is -0.803. The second-order valence-corrected chi connectivity index (χ2v) is 5.38. The van der Waals surface area contributed by atoms with Crippen molar-refractivity contribution in [1.29, 1.82) is 0 Å². The Balaban J connectivity index is 2.09. The Kier molecular flexibility index (Phi) is 6.17. The molecule has 0 aromatic rings. The highest BCUT2D eigenvalue weighted by Crippen LogP contribution is 2.20. The molecule has 0 aromatic heterocycles. The summed E-state index contributed by atoms with van der Waals surface area (Å²) in [6, 6.07) is -0.911. The van der Waals surface area contributed by atoms with E-state index < -0.39 is 18.2 Å². The highest BCUT2D eigenvalue weighted by Gasteiger charge is 2.49. The largest absolute Gasteiger partial charge is 0.383 e. The number of guanidine groups is 1. The summed E-state index contributed by atoms with van der Waals surface area (Å²) in [5.41, 5.74) is 0. The average Bonchev–Trinajstić information content (AvgIpc) is 2.89. The summed E-state index contributed by atoms with van der Waals surface area (Å²) < 4.78 is 10.4. The Bertz CT molecular complexity index is 470. The van der Waals surface area contributed by atoms with E-state index in [0.717, 1.165) is 6.42 Å². The summed E-state index contributed by atoms with van der Waals surface area (Å²) in [4.78, 5) is 31.8. The topological polar surface area (TPSA) is 95.5 Å². The van der Waals surface area contributed by atoms with E-state index in [1.807, 2.05) is 11.8 Å². The van der Waals surface area contributed by atoms with Gasteiger partial charge in [-0.15, -0.1) is 0 Å². The second-order valence-electron chi connectivity index (χ2n) is 5.38. The first-order valence-corrected chi connectivity index (χ1v) is 7.82. The fourth-order valence-electron chi connectivity index (χ4n) is 2.65. The first-order valence-electron chi connectivity index (χ1n) is 7.82. The van der Waals surface area contributed by atoms with Crippen LogP contribution in [-0.4, -0.2) is 87.0 Å². The molecule has 2 saturated heterocycles. The van der Waals surface area contributed by atoms with Crippen molar-refractivity contribution in [2.45, 2.75) is 25.6 Å². The minimum atomic E-state index is -0.501. The number of nitrogens with one attached hydrogen (secondary N) is 2. The van der Waals surface area contributed by atoms with Crippen LogP contribution in [0.2, 0.25) is 0 Å². The zero-order valence-electron chi connectivity index (χ0n) is 13.9. The van der Waals surface area contributed by atoms with Gasteiger partial charge in [-0.05, 0) is 13.3 Å². The molecule has 0 radical (unpaired) electrons. The molecule has 9 heteroatoms. The van der Waals surface area contributed by atoms with Gasteiger partial charge < -0.3 is 24.6 Å². The second kappa shape index (κ2) is 8.11. The lowest BCUT2D eigenvalue weighted by atomic mass is 10.1. The third-order valence-corrected chi connectivity index (χ3v) is 3.87. The van der Waals surface area contributed by atoms with Crippen LogP contribution in [0.4, 0.5) is 4.79 Å². The van der Waals surface area contributed by atoms with Crippen LogP contribution < -0.4 is 10.6 Å². The lowest BCUT2D eigenvalue weighted by Crippen LogP contribution is -2.65. The number of hydrogen-bond donors (Lipinski definition) is 2. The highest BCUT2D eigenvalue weighted by molar-refractivity contribution is 6.04. The van der Waals surface area contributed by atoms with Crippen LogP contribution in [0.5, 0.6) is 0 Å². The molecule has 2 atom stereocenters. The van der Waals surface area contributed by atoms with E-state index in [1.54, 1.807) is 14.2 Å². The number of fused-ring (bicyclic) bond motifs is 1. The fourth-order valence-corrected chi connectivity index (χ4v) is 2.65. The molecule has 23 heavy (non-hydrogen) atoms. The maximum Gasteiger partial charge on any atom is 0.325 e. The van der Waals surface area contributed by atoms with Gasteiger partial charge in [0.15, 0.2) is 12.0 Å². The summed E-state index contributed by atoms with van der Waals surface area (Å²) in [7, 11) is 3.26. The molecule has 2 heterocycles. The Labute approximate surface area is 136 Å². The Morgan fingerprint density at radius 1 is 1.30 bits per heavy atom. The number of amides is 3. The van der Waals surface area contributed by atoms with Gasteiger partial charge >= 0.3 is 6.03 Å². The zero-order valence-corrected chi connectivity index (χ0v) is 13.9. The van der Waals surface area contributed by atoms with Gasteiger partial charge in [-0.2, -0.15) is 0 Å². The van der Waals surface area contributed by atoms with Gasteiger partial charge in [0.1, 0.15) is 6.17 Å². The van der Waals surface area contributed by atoms with E-state index in [1.165, 1.54) is 4.90 Å². The van der Waals surface area contributed by atoms with Gasteiger partial charge in [0.25, 0.3) is 5.91 Å². The molecule has 3 amide bonds. The van der Waals surface area contributed by atoms with Crippen molar-refractivity contribution in [3.63, 3.8) is 0 Å². The van der Waals surface area contributed by atoms with E-state index in [2.05, 4.69) is 15.6 Å². The number of rotatable bonds is 8. The number of urea groups is 1. The van der Waals surface area contributed by atoms with E-state index in [9.17, 15) is 9.59 Å². The van der Waals surface area contributed by atoms with E-state index in [0.29, 0.717) is 38.9 Å². The first-order chi connectivity index (χ1) is 11.1. The molecular formula is C14H25N5O4. The van der Waals surface area contributed by atoms with Gasteiger partial charge in [-0.3, -0.25) is 15.1 Å². The molecule has 0 spiro atoms. The van der Waals surface area contributed by atoms with Crippen LogP contribution >= 0.6 is 0 Å². The van der Waals surface area contributed by atoms with Gasteiger partial charge in [0, 0.05) is 40.5 Å². The smallest absolute Gasteiger partial charge is 0.325 e. The number of carbonyl (C=O) groups is 2. The van der Waals surface area contributed by atoms with Gasteiger partial charge in [0.05, 0.1) is 6.61 Å². The number of methoxy groups -OCH3 is 1. The Morgan fingerprint density at radius 3 is 2.78 bits per heavy atom. The predicted molar refractivity (Wildman–Crippen MR) is 84.0 cm³/mol. The van der Waals surface area contributed by atoms with Crippen molar-refractivity contribution >= 4 is 17.9 Å². The molecule has 0 bridgehead atoms. The van der Waals surface area contributed by atoms with E-state index in [-0.39, 0.29) is 5.91 Å². The lowest BCUT2D eigenvalue weighted by Gasteiger charge is -2.35. The monoisotopic (exact) mass is 327 g/mol. The summed E-state index contributed by atoms with van der Waals surface area (Å²) in [6.07, 6.45) is 0.381. The quantitative estimate of drug-likeness (QED) is 0.567. The number of carbonyl (C=O) groups excluding carboxylic acids is 2. The molecular weight excluding hydrogens is 302 g/mol. The average molecular weight is 327 g/mol. The lowest BCUT2D eigenvalue weighted by molar-refractivity contribution is -0.127. The standard InChI is InChI=1S/C14H25N5O4/c1-4-23-8-5-6-15-13-16-11-10(19(13)7-9-22-3)12(20)17-14(21)18(11)2/h10-11H,4-9H2,1-3H3,(H,15,16)(H,17,20,21). The molecule has 2 rings (SSSR count). The molecule has 9 nitrogen and oxygen atoms in total. The SMILES string of the molecule is CCOCCCN=C1NC2C(C(=O)NC(=O)N2C)N1CCOC. The number of likely N-dealkylation sites (N-methyl/N-ethyl adjacent to an activating group) is 1. The summed E-state index contributed by atoms with van der Waals surface area (Å²) in [5.74, 6) is 0.298. The van der Waals surface area contributed by atoms with Gasteiger partial charge in [-0.1, -0.05) is 0 Å². The normalized spacial score (nSPS) is 25.6. The Morgan fingerprint density at radius 2 is 2.09 bits per heavy atom. The minimum absolute atomic E-state index is 0.318. The fraction of sp³-hybridized carbons (Fsp3) is 0.786. The van der Waals surface area contributed by atoms with Crippen LogP contribution in [0.15, 0.2) is 4.99 Å². The van der Waals surface area contributed by atoms with Crippen molar-refractivity contribution in [2.24, 2.45) is 4.99 Å². The van der Waals surface area contributed by atoms with E-state index in [4.69, 9.17) is 9.47 Å². The number of ether oxygens (including phenoxy) is 2. The maximum atomic E-state index is 12.2. The molecule has 0 saturated carbocycles. The number of aliphatic imine (C=N–C) groups is 1. The summed E-state index contributed by atoms with van der Waals surface area (Å²) in [5, 5.41) is 5.54. The third-order valence-electron chi connectivity index (χ3n) is 3.87. The number of hydrogen-bond acceptors (Lipinski definition) is 5. The van der Waals surface area contributed by atoms with Crippen LogP contribution in [0.25, 0.3) is 0 Å². The third kappa shape index (κ3) is 3.91. The number of imide groups is 1. The molecule has 2 fully saturated rings. The minimum Gasteiger partial charge on any atom is -0.383 e. The first kappa shape index (κ1) is 17.5. The van der Waals surface area contributed by atoms with Crippen molar-refractivity contribution in [1.82, 2.24) is 20.4 Å². The van der Waals surface area contributed by atoms with Gasteiger partial charge in [0.2, 0.25) is 0 Å². The van der Waals surface area contributed by atoms with Crippen LogP contribution in [-0.2, 0) is 14.3 Å². The molecule has 130 valence electrons. The molecule has 0 aliphatic carbocycles. The van der Waals surface area contributed by atoms with Crippen LogP contribution in [0, 0.1) is 0 Å². The highest BCUT2D eigenvalue weighted by atomic mass is 16.5.